The zero-order valence-electron chi connectivity index (χ0n) is 13.2. The Hall–Kier alpha value is -1.41. The second-order valence-corrected chi connectivity index (χ2v) is 6.16. The molecule has 0 aliphatic rings. The summed E-state index contributed by atoms with van der Waals surface area (Å²) in [4.78, 5) is 0. The normalized spacial score (nSPS) is 11.4. The lowest BCUT2D eigenvalue weighted by Crippen LogP contribution is -2.20. The first kappa shape index (κ1) is 16.0. The molecule has 0 saturated carbocycles. The lowest BCUT2D eigenvalue weighted by atomic mass is 9.99. The van der Waals surface area contributed by atoms with E-state index in [-0.39, 0.29) is 5.82 Å². The van der Waals surface area contributed by atoms with Gasteiger partial charge in [-0.3, -0.25) is 0 Å². The van der Waals surface area contributed by atoms with Gasteiger partial charge in [0.2, 0.25) is 0 Å². The van der Waals surface area contributed by atoms with E-state index in [9.17, 15) is 4.39 Å². The molecule has 0 amide bonds. The molecular formula is C19H26FN. The van der Waals surface area contributed by atoms with Crippen molar-refractivity contribution in [3.05, 3.63) is 47.8 Å². The number of unbranched alkanes of at least 4 members (excludes halogenated alkanes) is 2. The van der Waals surface area contributed by atoms with Gasteiger partial charge >= 0.3 is 0 Å². The Kier molecular flexibility index (Phi) is 6.19. The number of fused-ring (bicyclic) bond motifs is 1. The van der Waals surface area contributed by atoms with Gasteiger partial charge in [-0.2, -0.15) is 0 Å². The first-order valence-electron chi connectivity index (χ1n) is 8.05. The fourth-order valence-corrected chi connectivity index (χ4v) is 2.68. The molecule has 114 valence electrons. The van der Waals surface area contributed by atoms with Crippen LogP contribution in [0.5, 0.6) is 0 Å². The highest BCUT2D eigenvalue weighted by Crippen LogP contribution is 2.23. The lowest BCUT2D eigenvalue weighted by molar-refractivity contribution is 0.530. The van der Waals surface area contributed by atoms with Crippen molar-refractivity contribution in [2.75, 3.05) is 13.1 Å². The third-order valence-corrected chi connectivity index (χ3v) is 3.81. The molecule has 0 atom stereocenters. The van der Waals surface area contributed by atoms with Crippen molar-refractivity contribution in [1.29, 1.82) is 0 Å². The maximum Gasteiger partial charge on any atom is 0.131 e. The molecule has 2 heteroatoms. The topological polar surface area (TPSA) is 12.0 Å². The van der Waals surface area contributed by atoms with Crippen molar-refractivity contribution in [2.45, 2.75) is 39.5 Å². The highest BCUT2D eigenvalue weighted by atomic mass is 19.1. The van der Waals surface area contributed by atoms with Crippen LogP contribution in [-0.4, -0.2) is 13.1 Å². The van der Waals surface area contributed by atoms with E-state index in [1.54, 1.807) is 6.07 Å². The van der Waals surface area contributed by atoms with E-state index < -0.39 is 0 Å². The highest BCUT2D eigenvalue weighted by Gasteiger charge is 2.04. The Labute approximate surface area is 127 Å². The van der Waals surface area contributed by atoms with Gasteiger partial charge < -0.3 is 5.32 Å². The second-order valence-electron chi connectivity index (χ2n) is 6.16. The minimum atomic E-state index is -0.118. The summed E-state index contributed by atoms with van der Waals surface area (Å²) < 4.78 is 13.8. The maximum atomic E-state index is 13.8. The molecule has 1 nitrogen and oxygen atoms in total. The summed E-state index contributed by atoms with van der Waals surface area (Å²) in [5, 5.41) is 5.28. The van der Waals surface area contributed by atoms with Crippen LogP contribution in [0.25, 0.3) is 10.8 Å². The zero-order valence-corrected chi connectivity index (χ0v) is 13.2. The first-order chi connectivity index (χ1) is 10.2. The largest absolute Gasteiger partial charge is 0.316 e. The number of benzene rings is 2. The summed E-state index contributed by atoms with van der Waals surface area (Å²) in [7, 11) is 0. The zero-order chi connectivity index (χ0) is 15.1. The van der Waals surface area contributed by atoms with E-state index in [2.05, 4.69) is 19.2 Å². The monoisotopic (exact) mass is 287 g/mol. The van der Waals surface area contributed by atoms with Gasteiger partial charge in [0.25, 0.3) is 0 Å². The third-order valence-electron chi connectivity index (χ3n) is 3.81. The third kappa shape index (κ3) is 4.82. The first-order valence-corrected chi connectivity index (χ1v) is 8.05. The second kappa shape index (κ2) is 8.14. The summed E-state index contributed by atoms with van der Waals surface area (Å²) in [5.41, 5.74) is 1.27. The van der Waals surface area contributed by atoms with Crippen molar-refractivity contribution in [3.8, 4) is 0 Å². The summed E-state index contributed by atoms with van der Waals surface area (Å²) in [6.07, 6.45) is 4.63. The summed E-state index contributed by atoms with van der Waals surface area (Å²) >= 11 is 0. The van der Waals surface area contributed by atoms with E-state index in [4.69, 9.17) is 0 Å². The van der Waals surface area contributed by atoms with E-state index in [0.29, 0.717) is 0 Å². The number of nitrogens with one attached hydrogen (secondary N) is 1. The van der Waals surface area contributed by atoms with E-state index >= 15 is 0 Å². The average Bonchev–Trinajstić information content (AvgIpc) is 2.48. The number of hydrogen-bond donors (Lipinski definition) is 1. The molecule has 1 N–H and O–H groups in total. The summed E-state index contributed by atoms with van der Waals surface area (Å²) in [5.74, 6) is 0.600. The standard InChI is InChI=1S/C19H26FN/c1-15(2)14-21-13-7-3-4-8-16-11-12-19(20)18-10-6-5-9-17(16)18/h5-6,9-12,15,21H,3-4,7-8,13-14H2,1-2H3. The van der Waals surface area contributed by atoms with Crippen LogP contribution >= 0.6 is 0 Å². The van der Waals surface area contributed by atoms with Crippen LogP contribution in [-0.2, 0) is 6.42 Å². The molecule has 0 spiro atoms. The molecule has 2 rings (SSSR count). The minimum Gasteiger partial charge on any atom is -0.316 e. The van der Waals surface area contributed by atoms with Gasteiger partial charge in [-0.05, 0) is 55.3 Å². The number of halogens is 1. The van der Waals surface area contributed by atoms with Gasteiger partial charge in [-0.1, -0.05) is 50.6 Å². The van der Waals surface area contributed by atoms with Crippen LogP contribution in [0.3, 0.4) is 0 Å². The van der Waals surface area contributed by atoms with Crippen LogP contribution in [0.1, 0.15) is 38.7 Å². The molecule has 0 fully saturated rings. The Morgan fingerprint density at radius 1 is 0.952 bits per heavy atom. The molecule has 0 radical (unpaired) electrons. The molecule has 0 aromatic heterocycles. The van der Waals surface area contributed by atoms with Crippen LogP contribution in [0.2, 0.25) is 0 Å². The SMILES string of the molecule is CC(C)CNCCCCCc1ccc(F)c2ccccc12. The lowest BCUT2D eigenvalue weighted by Gasteiger charge is -2.09. The molecule has 2 aromatic rings. The average molecular weight is 287 g/mol. The van der Waals surface area contributed by atoms with Crippen LogP contribution in [0.15, 0.2) is 36.4 Å². The molecule has 0 saturated heterocycles. The molecular weight excluding hydrogens is 261 g/mol. The van der Waals surface area contributed by atoms with Gasteiger partial charge in [0.05, 0.1) is 0 Å². The number of rotatable bonds is 8. The maximum absolute atomic E-state index is 13.8. The Morgan fingerprint density at radius 2 is 1.71 bits per heavy atom. The van der Waals surface area contributed by atoms with Crippen molar-refractivity contribution >= 4 is 10.8 Å². The highest BCUT2D eigenvalue weighted by molar-refractivity contribution is 5.86. The predicted octanol–water partition coefficient (Wildman–Crippen LogP) is 4.94. The van der Waals surface area contributed by atoms with Crippen molar-refractivity contribution in [2.24, 2.45) is 5.92 Å². The molecule has 0 bridgehead atoms. The van der Waals surface area contributed by atoms with Crippen LogP contribution < -0.4 is 5.32 Å². The van der Waals surface area contributed by atoms with Crippen LogP contribution in [0, 0.1) is 11.7 Å². The molecule has 0 heterocycles. The van der Waals surface area contributed by atoms with Crippen LogP contribution in [0.4, 0.5) is 4.39 Å². The molecule has 0 unspecified atom stereocenters. The fraction of sp³-hybridized carbons (Fsp3) is 0.474. The Morgan fingerprint density at radius 3 is 2.48 bits per heavy atom. The van der Waals surface area contributed by atoms with Gasteiger partial charge in [-0.15, -0.1) is 0 Å². The van der Waals surface area contributed by atoms with Gasteiger partial charge in [0, 0.05) is 5.39 Å². The van der Waals surface area contributed by atoms with Gasteiger partial charge in [-0.25, -0.2) is 4.39 Å². The minimum absolute atomic E-state index is 0.118. The van der Waals surface area contributed by atoms with Gasteiger partial charge in [0.1, 0.15) is 5.82 Å². The van der Waals surface area contributed by atoms with E-state index in [0.717, 1.165) is 36.2 Å². The summed E-state index contributed by atoms with van der Waals surface area (Å²) in [6, 6.07) is 11.3. The van der Waals surface area contributed by atoms with E-state index in [1.807, 2.05) is 30.3 Å². The number of hydrogen-bond acceptors (Lipinski definition) is 1. The van der Waals surface area contributed by atoms with Crippen molar-refractivity contribution in [3.63, 3.8) is 0 Å². The van der Waals surface area contributed by atoms with Crippen molar-refractivity contribution in [1.82, 2.24) is 5.32 Å². The Bertz CT molecular complexity index is 562. The molecule has 21 heavy (non-hydrogen) atoms. The Balaban J connectivity index is 1.80. The van der Waals surface area contributed by atoms with Gasteiger partial charge in [0.15, 0.2) is 0 Å². The fourth-order valence-electron chi connectivity index (χ4n) is 2.68. The van der Waals surface area contributed by atoms with E-state index in [1.165, 1.54) is 24.8 Å². The van der Waals surface area contributed by atoms with Crippen molar-refractivity contribution < 1.29 is 4.39 Å². The smallest absolute Gasteiger partial charge is 0.131 e. The molecule has 0 aliphatic carbocycles. The molecule has 2 aromatic carbocycles. The molecule has 0 aliphatic heterocycles. The summed E-state index contributed by atoms with van der Waals surface area (Å²) in [6.45, 7) is 6.66. The predicted molar refractivity (Wildman–Crippen MR) is 89.2 cm³/mol. The quantitative estimate of drug-likeness (QED) is 0.678. The number of aryl methyl sites for hydroxylation is 1.